The molecule has 23 heavy (non-hydrogen) atoms. The van der Waals surface area contributed by atoms with Crippen LogP contribution in [0.4, 0.5) is 9.80 Å². The first-order valence-corrected chi connectivity index (χ1v) is 7.63. The molecular weight excluding hydrogens is 314 g/mol. The van der Waals surface area contributed by atoms with Crippen LogP contribution < -0.4 is 16.0 Å². The van der Waals surface area contributed by atoms with Gasteiger partial charge in [0.25, 0.3) is 5.91 Å². The summed E-state index contributed by atoms with van der Waals surface area (Å²) in [5, 5.41) is 4.57. The Balaban J connectivity index is 1.91. The van der Waals surface area contributed by atoms with Crippen LogP contribution >= 0.6 is 11.3 Å². The van der Waals surface area contributed by atoms with Crippen molar-refractivity contribution in [1.82, 2.24) is 5.32 Å². The van der Waals surface area contributed by atoms with Crippen LogP contribution in [0.5, 0.6) is 0 Å². The Morgan fingerprint density at radius 2 is 1.87 bits per heavy atom. The van der Waals surface area contributed by atoms with E-state index < -0.39 is 17.8 Å². The second-order valence-corrected chi connectivity index (χ2v) is 5.41. The fraction of sp³-hybridized carbons (Fsp3) is 0.0625. The van der Waals surface area contributed by atoms with E-state index in [9.17, 15) is 14.4 Å². The molecule has 0 saturated heterocycles. The van der Waals surface area contributed by atoms with E-state index in [1.165, 1.54) is 17.4 Å². The van der Waals surface area contributed by atoms with Gasteiger partial charge in [-0.1, -0.05) is 30.3 Å². The van der Waals surface area contributed by atoms with Gasteiger partial charge in [-0.3, -0.25) is 9.59 Å². The Morgan fingerprint density at radius 1 is 1.13 bits per heavy atom. The van der Waals surface area contributed by atoms with Gasteiger partial charge in [0, 0.05) is 6.08 Å². The second kappa shape index (κ2) is 7.90. The molecule has 2 rings (SSSR count). The molecule has 0 aliphatic rings. The lowest BCUT2D eigenvalue weighted by Gasteiger charge is -2.16. The maximum atomic E-state index is 12.1. The third-order valence-electron chi connectivity index (χ3n) is 2.84. The van der Waals surface area contributed by atoms with Crippen molar-refractivity contribution in [3.63, 3.8) is 0 Å². The van der Waals surface area contributed by atoms with Crippen LogP contribution in [0.2, 0.25) is 0 Å². The second-order valence-electron chi connectivity index (χ2n) is 4.48. The van der Waals surface area contributed by atoms with Gasteiger partial charge < -0.3 is 11.1 Å². The summed E-state index contributed by atoms with van der Waals surface area (Å²) in [6, 6.07) is 11.7. The first-order chi connectivity index (χ1) is 11.1. The summed E-state index contributed by atoms with van der Waals surface area (Å²) >= 11 is 1.21. The molecule has 1 aromatic carbocycles. The smallest absolute Gasteiger partial charge is 0.326 e. The molecule has 4 amide bonds. The topological polar surface area (TPSA) is 92.5 Å². The van der Waals surface area contributed by atoms with Crippen molar-refractivity contribution >= 4 is 40.3 Å². The summed E-state index contributed by atoms with van der Waals surface area (Å²) in [6.45, 7) is -0.321. The molecule has 3 N–H and O–H groups in total. The highest BCUT2D eigenvalue weighted by Gasteiger charge is 2.21. The number of hydrogen-bond acceptors (Lipinski definition) is 4. The minimum Gasteiger partial charge on any atom is -0.351 e. The van der Waals surface area contributed by atoms with E-state index in [0.29, 0.717) is 5.00 Å². The molecule has 118 valence electrons. The molecule has 0 fully saturated rings. The Hall–Kier alpha value is -2.93. The van der Waals surface area contributed by atoms with Crippen molar-refractivity contribution in [2.24, 2.45) is 5.73 Å². The molecule has 7 heteroatoms. The summed E-state index contributed by atoms with van der Waals surface area (Å²) in [4.78, 5) is 36.0. The fourth-order valence-corrected chi connectivity index (χ4v) is 2.54. The van der Waals surface area contributed by atoms with Crippen molar-refractivity contribution < 1.29 is 14.4 Å². The number of carbonyl (C=O) groups is 3. The summed E-state index contributed by atoms with van der Waals surface area (Å²) in [5.74, 6) is -1.03. The number of benzene rings is 1. The van der Waals surface area contributed by atoms with Crippen LogP contribution in [0.25, 0.3) is 6.08 Å². The summed E-state index contributed by atoms with van der Waals surface area (Å²) < 4.78 is 0. The molecule has 0 radical (unpaired) electrons. The molecule has 6 nitrogen and oxygen atoms in total. The van der Waals surface area contributed by atoms with Crippen molar-refractivity contribution in [2.75, 3.05) is 11.4 Å². The molecule has 0 unspecified atom stereocenters. The molecular formula is C16H15N3O3S. The molecule has 0 atom stereocenters. The van der Waals surface area contributed by atoms with Gasteiger partial charge in [0.05, 0.1) is 6.54 Å². The van der Waals surface area contributed by atoms with Crippen molar-refractivity contribution in [1.29, 1.82) is 0 Å². The quantitative estimate of drug-likeness (QED) is 0.822. The van der Waals surface area contributed by atoms with E-state index in [1.54, 1.807) is 23.6 Å². The lowest BCUT2D eigenvalue weighted by atomic mass is 10.2. The van der Waals surface area contributed by atoms with E-state index in [0.717, 1.165) is 10.5 Å². The number of anilines is 1. The number of primary amides is 1. The predicted molar refractivity (Wildman–Crippen MR) is 89.9 cm³/mol. The average Bonchev–Trinajstić information content (AvgIpc) is 3.05. The number of hydrogen-bond donors (Lipinski definition) is 2. The van der Waals surface area contributed by atoms with Crippen LogP contribution in [0.1, 0.15) is 5.56 Å². The van der Waals surface area contributed by atoms with E-state index in [4.69, 9.17) is 5.73 Å². The summed E-state index contributed by atoms with van der Waals surface area (Å²) in [6.07, 6.45) is 2.95. The number of imide groups is 1. The van der Waals surface area contributed by atoms with Gasteiger partial charge in [-0.25, -0.2) is 9.69 Å². The lowest BCUT2D eigenvalue weighted by Crippen LogP contribution is -2.45. The molecule has 1 aromatic heterocycles. The van der Waals surface area contributed by atoms with E-state index >= 15 is 0 Å². The highest BCUT2D eigenvalue weighted by Crippen LogP contribution is 2.20. The molecule has 2 aromatic rings. The predicted octanol–water partition coefficient (Wildman–Crippen LogP) is 1.99. The minimum absolute atomic E-state index is 0.321. The highest BCUT2D eigenvalue weighted by molar-refractivity contribution is 7.14. The zero-order valence-corrected chi connectivity index (χ0v) is 13.0. The number of rotatable bonds is 5. The first kappa shape index (κ1) is 16.4. The van der Waals surface area contributed by atoms with Crippen LogP contribution in [0.3, 0.4) is 0 Å². The standard InChI is InChI=1S/C16H15N3O3S/c17-16(22)19(15-7-4-10-23-15)14(21)11-18-13(20)9-8-12-5-2-1-3-6-12/h1-10H,11H2,(H2,17,22)(H,18,20). The van der Waals surface area contributed by atoms with Crippen LogP contribution in [-0.4, -0.2) is 24.4 Å². The largest absolute Gasteiger partial charge is 0.351 e. The van der Waals surface area contributed by atoms with Gasteiger partial charge in [-0.05, 0) is 29.2 Å². The maximum Gasteiger partial charge on any atom is 0.326 e. The number of amides is 4. The zero-order chi connectivity index (χ0) is 16.7. The third kappa shape index (κ3) is 4.79. The Bertz CT molecular complexity index is 711. The molecule has 0 bridgehead atoms. The van der Waals surface area contributed by atoms with Crippen LogP contribution in [0.15, 0.2) is 53.9 Å². The van der Waals surface area contributed by atoms with Crippen molar-refractivity contribution in [3.05, 3.63) is 59.5 Å². The SMILES string of the molecule is NC(=O)N(C(=O)CNC(=O)C=Cc1ccccc1)c1cccs1. The molecule has 0 spiro atoms. The van der Waals surface area contributed by atoms with Crippen LogP contribution in [0, 0.1) is 0 Å². The summed E-state index contributed by atoms with van der Waals surface area (Å²) in [7, 11) is 0. The lowest BCUT2D eigenvalue weighted by molar-refractivity contribution is -0.121. The van der Waals surface area contributed by atoms with Gasteiger partial charge in [0.2, 0.25) is 5.91 Å². The van der Waals surface area contributed by atoms with Gasteiger partial charge >= 0.3 is 6.03 Å². The number of nitrogens with zero attached hydrogens (tertiary/aromatic N) is 1. The molecule has 0 saturated carbocycles. The highest BCUT2D eigenvalue weighted by atomic mass is 32.1. The molecule has 0 aliphatic heterocycles. The third-order valence-corrected chi connectivity index (χ3v) is 3.69. The van der Waals surface area contributed by atoms with Gasteiger partial charge in [-0.15, -0.1) is 11.3 Å². The Morgan fingerprint density at radius 3 is 2.48 bits per heavy atom. The summed E-state index contributed by atoms with van der Waals surface area (Å²) in [5.41, 5.74) is 6.08. The maximum absolute atomic E-state index is 12.1. The van der Waals surface area contributed by atoms with Crippen molar-refractivity contribution in [3.8, 4) is 0 Å². The van der Waals surface area contributed by atoms with Crippen LogP contribution in [-0.2, 0) is 9.59 Å². The van der Waals surface area contributed by atoms with Gasteiger partial charge in [0.15, 0.2) is 0 Å². The average molecular weight is 329 g/mol. The van der Waals surface area contributed by atoms with Gasteiger partial charge in [0.1, 0.15) is 5.00 Å². The number of urea groups is 1. The Labute approximate surface area is 137 Å². The van der Waals surface area contributed by atoms with E-state index in [2.05, 4.69) is 5.32 Å². The Kier molecular flexibility index (Phi) is 5.65. The monoisotopic (exact) mass is 329 g/mol. The molecule has 0 aliphatic carbocycles. The van der Waals surface area contributed by atoms with Gasteiger partial charge in [-0.2, -0.15) is 0 Å². The number of nitrogens with two attached hydrogens (primary N) is 1. The fourth-order valence-electron chi connectivity index (χ4n) is 1.79. The number of nitrogens with one attached hydrogen (secondary N) is 1. The molecule has 1 heterocycles. The number of carbonyl (C=O) groups excluding carboxylic acids is 3. The zero-order valence-electron chi connectivity index (χ0n) is 12.1. The van der Waals surface area contributed by atoms with E-state index in [1.807, 2.05) is 30.3 Å². The number of thiophene rings is 1. The normalized spacial score (nSPS) is 10.4. The van der Waals surface area contributed by atoms with Crippen molar-refractivity contribution in [2.45, 2.75) is 0 Å². The van der Waals surface area contributed by atoms with E-state index in [-0.39, 0.29) is 6.54 Å². The first-order valence-electron chi connectivity index (χ1n) is 6.75. The minimum atomic E-state index is -0.883.